The molecule has 0 radical (unpaired) electrons. The molecule has 1 aromatic heterocycles. The number of hydrogen-bond acceptors (Lipinski definition) is 3. The van der Waals surface area contributed by atoms with E-state index in [9.17, 15) is 8.78 Å². The highest BCUT2D eigenvalue weighted by atomic mass is 19.3. The summed E-state index contributed by atoms with van der Waals surface area (Å²) in [6.07, 6.45) is 1.13. The summed E-state index contributed by atoms with van der Waals surface area (Å²) in [5.41, 5.74) is 6.38. The first-order valence-electron chi connectivity index (χ1n) is 5.30. The predicted octanol–water partition coefficient (Wildman–Crippen LogP) is 1.32. The number of rotatable bonds is 6. The molecule has 1 heterocycles. The van der Waals surface area contributed by atoms with Crippen LogP contribution in [0.25, 0.3) is 0 Å². The lowest BCUT2D eigenvalue weighted by atomic mass is 10.1. The fourth-order valence-electron chi connectivity index (χ4n) is 1.38. The number of nitrogens with two attached hydrogens (primary N) is 1. The second-order valence-electron chi connectivity index (χ2n) is 3.94. The first-order valence-corrected chi connectivity index (χ1v) is 5.30. The van der Waals surface area contributed by atoms with Crippen LogP contribution in [-0.4, -0.2) is 29.3 Å². The number of halogens is 2. The third-order valence-corrected chi connectivity index (χ3v) is 2.31. The Morgan fingerprint density at radius 3 is 2.62 bits per heavy atom. The Morgan fingerprint density at radius 2 is 2.19 bits per heavy atom. The maximum absolute atomic E-state index is 12.1. The highest BCUT2D eigenvalue weighted by Gasteiger charge is 2.14. The highest BCUT2D eigenvalue weighted by Crippen LogP contribution is 2.13. The lowest BCUT2D eigenvalue weighted by Gasteiger charge is -2.14. The molecular formula is C10H18F2N4. The second-order valence-corrected chi connectivity index (χ2v) is 3.94. The van der Waals surface area contributed by atoms with Crippen LogP contribution in [-0.2, 0) is 0 Å². The van der Waals surface area contributed by atoms with Gasteiger partial charge in [0, 0.05) is 30.4 Å². The van der Waals surface area contributed by atoms with Gasteiger partial charge in [-0.05, 0) is 13.8 Å². The number of nitrogens with zero attached hydrogens (tertiary/aromatic N) is 2. The van der Waals surface area contributed by atoms with E-state index in [4.69, 9.17) is 5.73 Å². The molecule has 0 saturated heterocycles. The first kappa shape index (κ1) is 13.1. The third kappa shape index (κ3) is 3.53. The molecule has 0 spiro atoms. The van der Waals surface area contributed by atoms with Crippen molar-refractivity contribution in [2.75, 3.05) is 13.1 Å². The zero-order valence-electron chi connectivity index (χ0n) is 9.53. The van der Waals surface area contributed by atoms with Gasteiger partial charge in [0.1, 0.15) is 0 Å². The van der Waals surface area contributed by atoms with Gasteiger partial charge in [-0.1, -0.05) is 0 Å². The van der Waals surface area contributed by atoms with Crippen molar-refractivity contribution in [2.45, 2.75) is 32.4 Å². The van der Waals surface area contributed by atoms with Crippen LogP contribution in [0.3, 0.4) is 0 Å². The van der Waals surface area contributed by atoms with Crippen LogP contribution >= 0.6 is 0 Å². The molecular weight excluding hydrogens is 214 g/mol. The summed E-state index contributed by atoms with van der Waals surface area (Å²) in [6, 6.07) is -0.0104. The molecule has 92 valence electrons. The molecule has 0 fully saturated rings. The maximum Gasteiger partial charge on any atom is 0.250 e. The standard InChI is InChI=1S/C10H18F2N4/c1-7(2)16-6-8(4-15-16)9(3-13)14-5-10(11)12/h4,6-7,9-10,14H,3,5,13H2,1-2H3. The minimum absolute atomic E-state index is 0.252. The van der Waals surface area contributed by atoms with Crippen LogP contribution < -0.4 is 11.1 Å². The predicted molar refractivity (Wildman–Crippen MR) is 58.4 cm³/mol. The zero-order valence-corrected chi connectivity index (χ0v) is 9.53. The topological polar surface area (TPSA) is 55.9 Å². The highest BCUT2D eigenvalue weighted by molar-refractivity contribution is 5.11. The van der Waals surface area contributed by atoms with E-state index in [1.165, 1.54) is 0 Å². The molecule has 0 aromatic carbocycles. The van der Waals surface area contributed by atoms with Crippen molar-refractivity contribution >= 4 is 0 Å². The normalized spacial score (nSPS) is 13.7. The molecule has 3 N–H and O–H groups in total. The van der Waals surface area contributed by atoms with Gasteiger partial charge in [0.2, 0.25) is 0 Å². The van der Waals surface area contributed by atoms with Crippen molar-refractivity contribution in [1.82, 2.24) is 15.1 Å². The second kappa shape index (κ2) is 5.91. The Morgan fingerprint density at radius 1 is 1.50 bits per heavy atom. The Balaban J connectivity index is 2.63. The van der Waals surface area contributed by atoms with Gasteiger partial charge >= 0.3 is 0 Å². The van der Waals surface area contributed by atoms with E-state index in [0.29, 0.717) is 0 Å². The molecule has 0 saturated carbocycles. The number of alkyl halides is 2. The molecule has 1 rings (SSSR count). The lowest BCUT2D eigenvalue weighted by Crippen LogP contribution is -2.31. The minimum Gasteiger partial charge on any atom is -0.329 e. The van der Waals surface area contributed by atoms with Crippen molar-refractivity contribution in [3.05, 3.63) is 18.0 Å². The molecule has 0 bridgehead atoms. The van der Waals surface area contributed by atoms with Crippen LogP contribution in [0, 0.1) is 0 Å². The molecule has 0 aliphatic heterocycles. The van der Waals surface area contributed by atoms with Crippen molar-refractivity contribution in [3.8, 4) is 0 Å². The Bertz CT molecular complexity index is 312. The molecule has 1 atom stereocenters. The van der Waals surface area contributed by atoms with E-state index in [1.807, 2.05) is 20.0 Å². The molecule has 0 aliphatic carbocycles. The monoisotopic (exact) mass is 232 g/mol. The van der Waals surface area contributed by atoms with E-state index in [2.05, 4.69) is 10.4 Å². The van der Waals surface area contributed by atoms with E-state index in [-0.39, 0.29) is 25.2 Å². The van der Waals surface area contributed by atoms with Gasteiger partial charge in [-0.2, -0.15) is 5.10 Å². The summed E-state index contributed by atoms with van der Waals surface area (Å²) < 4.78 is 25.9. The SMILES string of the molecule is CC(C)n1cc(C(CN)NCC(F)F)cn1. The van der Waals surface area contributed by atoms with Crippen LogP contribution in [0.1, 0.15) is 31.5 Å². The van der Waals surface area contributed by atoms with Gasteiger partial charge in [-0.15, -0.1) is 0 Å². The maximum atomic E-state index is 12.1. The van der Waals surface area contributed by atoms with Gasteiger partial charge in [0.15, 0.2) is 0 Å². The van der Waals surface area contributed by atoms with Gasteiger partial charge in [-0.3, -0.25) is 4.68 Å². The van der Waals surface area contributed by atoms with Crippen LogP contribution in [0.15, 0.2) is 12.4 Å². The van der Waals surface area contributed by atoms with Crippen LogP contribution in [0.5, 0.6) is 0 Å². The smallest absolute Gasteiger partial charge is 0.250 e. The van der Waals surface area contributed by atoms with Gasteiger partial charge in [-0.25, -0.2) is 8.78 Å². The molecule has 16 heavy (non-hydrogen) atoms. The third-order valence-electron chi connectivity index (χ3n) is 2.31. The van der Waals surface area contributed by atoms with Gasteiger partial charge in [0.05, 0.1) is 12.7 Å². The molecule has 6 heteroatoms. The Labute approximate surface area is 93.8 Å². The molecule has 0 amide bonds. The fourth-order valence-corrected chi connectivity index (χ4v) is 1.38. The summed E-state index contributed by atoms with van der Waals surface area (Å²) in [7, 11) is 0. The Hall–Kier alpha value is -1.01. The van der Waals surface area contributed by atoms with Gasteiger partial charge in [0.25, 0.3) is 6.43 Å². The van der Waals surface area contributed by atoms with Crippen molar-refractivity contribution in [3.63, 3.8) is 0 Å². The fraction of sp³-hybridized carbons (Fsp3) is 0.700. The number of aromatic nitrogens is 2. The average Bonchev–Trinajstić information content (AvgIpc) is 2.67. The molecule has 1 aromatic rings. The average molecular weight is 232 g/mol. The summed E-state index contributed by atoms with van der Waals surface area (Å²) in [4.78, 5) is 0. The quantitative estimate of drug-likeness (QED) is 0.777. The number of hydrogen-bond donors (Lipinski definition) is 2. The summed E-state index contributed by atoms with van der Waals surface area (Å²) in [5.74, 6) is 0. The zero-order chi connectivity index (χ0) is 12.1. The first-order chi connectivity index (χ1) is 7.54. The minimum atomic E-state index is -2.37. The van der Waals surface area contributed by atoms with E-state index < -0.39 is 6.43 Å². The van der Waals surface area contributed by atoms with Crippen molar-refractivity contribution < 1.29 is 8.78 Å². The lowest BCUT2D eigenvalue weighted by molar-refractivity contribution is 0.141. The van der Waals surface area contributed by atoms with Gasteiger partial charge < -0.3 is 11.1 Å². The molecule has 0 aliphatic rings. The number of nitrogens with one attached hydrogen (secondary N) is 1. The largest absolute Gasteiger partial charge is 0.329 e. The van der Waals surface area contributed by atoms with Crippen LogP contribution in [0.4, 0.5) is 8.78 Å². The van der Waals surface area contributed by atoms with Crippen LogP contribution in [0.2, 0.25) is 0 Å². The summed E-state index contributed by atoms with van der Waals surface area (Å²) >= 11 is 0. The molecule has 1 unspecified atom stereocenters. The van der Waals surface area contributed by atoms with Crippen molar-refractivity contribution in [2.24, 2.45) is 5.73 Å². The van der Waals surface area contributed by atoms with Crippen molar-refractivity contribution in [1.29, 1.82) is 0 Å². The summed E-state index contributed by atoms with van der Waals surface area (Å²) in [5, 5.41) is 6.85. The van der Waals surface area contributed by atoms with E-state index >= 15 is 0 Å². The molecule has 4 nitrogen and oxygen atoms in total. The Kier molecular flexibility index (Phi) is 4.82. The van der Waals surface area contributed by atoms with E-state index in [0.717, 1.165) is 5.56 Å². The van der Waals surface area contributed by atoms with E-state index in [1.54, 1.807) is 10.9 Å². The summed E-state index contributed by atoms with van der Waals surface area (Å²) in [6.45, 7) is 3.92.